The van der Waals surface area contributed by atoms with Crippen molar-refractivity contribution >= 4 is 10.1 Å². The minimum Gasteiger partial charge on any atom is -0.743 e. The van der Waals surface area contributed by atoms with Crippen LogP contribution in [0.4, 0.5) is 79.0 Å². The van der Waals surface area contributed by atoms with Gasteiger partial charge in [0, 0.05) is 6.42 Å². The van der Waals surface area contributed by atoms with Crippen LogP contribution in [-0.2, 0) is 10.1 Å². The molecule has 0 aliphatic carbocycles. The van der Waals surface area contributed by atoms with Crippen molar-refractivity contribution < 1.29 is 122 Å². The molecule has 0 rings (SSSR count). The van der Waals surface area contributed by atoms with E-state index in [1.54, 1.807) is 0 Å². The minimum atomic E-state index is -9.03. The Morgan fingerprint density at radius 2 is 0.743 bits per heavy atom. The number of halogens is 18. The van der Waals surface area contributed by atoms with Gasteiger partial charge in [0.25, 0.3) is 0 Å². The molecule has 0 aliphatic heterocycles. The normalized spacial score (nSPS) is 16.2. The van der Waals surface area contributed by atoms with Gasteiger partial charge in [-0.3, -0.25) is 0 Å². The van der Waals surface area contributed by atoms with Gasteiger partial charge < -0.3 is 4.55 Å². The van der Waals surface area contributed by atoms with E-state index in [0.717, 1.165) is 0 Å². The summed E-state index contributed by atoms with van der Waals surface area (Å²) in [4.78, 5) is 0. The predicted octanol–water partition coefficient (Wildman–Crippen LogP) is 3.01. The van der Waals surface area contributed by atoms with Crippen molar-refractivity contribution in [1.29, 1.82) is 0 Å². The number of alkyl halides is 18. The van der Waals surface area contributed by atoms with E-state index in [2.05, 4.69) is 0 Å². The molecule has 0 saturated carbocycles. The van der Waals surface area contributed by atoms with E-state index in [4.69, 9.17) is 0 Å². The van der Waals surface area contributed by atoms with Gasteiger partial charge in [-0.1, -0.05) is 13.3 Å². The van der Waals surface area contributed by atoms with E-state index in [-0.39, 0.29) is 29.6 Å². The molecule has 206 valence electrons. The van der Waals surface area contributed by atoms with Crippen LogP contribution in [0.25, 0.3) is 0 Å². The molecule has 0 amide bonds. The van der Waals surface area contributed by atoms with Crippen LogP contribution < -0.4 is 29.6 Å². The third kappa shape index (κ3) is 4.70. The zero-order valence-electron chi connectivity index (χ0n) is 16.4. The molecule has 35 heavy (non-hydrogen) atoms. The molecule has 23 heteroatoms. The summed E-state index contributed by atoms with van der Waals surface area (Å²) in [6, 6.07) is 0. The van der Waals surface area contributed by atoms with E-state index < -0.39 is 75.6 Å². The first-order valence-electron chi connectivity index (χ1n) is 7.67. The van der Waals surface area contributed by atoms with Crippen molar-refractivity contribution in [3.63, 3.8) is 0 Å². The second-order valence-electron chi connectivity index (χ2n) is 6.45. The molecule has 0 unspecified atom stereocenters. The van der Waals surface area contributed by atoms with Crippen LogP contribution in [0.1, 0.15) is 19.8 Å². The Morgan fingerprint density at radius 1 is 0.514 bits per heavy atom. The molecule has 0 atom stereocenters. The maximum Gasteiger partial charge on any atom is 1.00 e. The minimum absolute atomic E-state index is 0. The topological polar surface area (TPSA) is 57.2 Å². The van der Waals surface area contributed by atoms with Crippen LogP contribution in [0.2, 0.25) is 0 Å². The maximum absolute atomic E-state index is 13.5. The van der Waals surface area contributed by atoms with Crippen molar-refractivity contribution in [3.05, 3.63) is 0 Å². The molecule has 0 aliphatic rings. The number of hydrogen-bond acceptors (Lipinski definition) is 3. The first kappa shape index (κ1) is 36.8. The van der Waals surface area contributed by atoms with Gasteiger partial charge in [-0.2, -0.15) is 79.0 Å². The molecule has 3 nitrogen and oxygen atoms in total. The first-order chi connectivity index (χ1) is 14.3. The fourth-order valence-electron chi connectivity index (χ4n) is 2.03. The molecule has 0 aromatic heterocycles. The van der Waals surface area contributed by atoms with Gasteiger partial charge in [0.15, 0.2) is 10.1 Å². The third-order valence-corrected chi connectivity index (χ3v) is 4.95. The van der Waals surface area contributed by atoms with Crippen molar-refractivity contribution in [2.24, 2.45) is 0 Å². The van der Waals surface area contributed by atoms with Crippen LogP contribution in [0, 0.1) is 0 Å². The van der Waals surface area contributed by atoms with Gasteiger partial charge in [-0.25, -0.2) is 8.42 Å². The SMILES string of the molecule is CCCC(F)(F)C(F)(F)C(F)(F)C(F)(F)C(F)(F)C(F)(F)C(F)(F)C(F)(F)C(F)(F)S(=O)(=O)[O-].[Na+]. The van der Waals surface area contributed by atoms with Gasteiger partial charge in [-0.15, -0.1) is 0 Å². The van der Waals surface area contributed by atoms with E-state index in [1.807, 2.05) is 0 Å². The zero-order valence-corrected chi connectivity index (χ0v) is 19.2. The molecule has 0 fully saturated rings. The van der Waals surface area contributed by atoms with E-state index in [0.29, 0.717) is 6.92 Å². The monoisotopic (exact) mass is 596 g/mol. The van der Waals surface area contributed by atoms with Gasteiger partial charge in [0.2, 0.25) is 0 Å². The Kier molecular flexibility index (Phi) is 9.92. The standard InChI is InChI=1S/C12H8F18O3S.Na/c1-2-3-4(13,14)5(15,16)6(17,18)7(19,20)8(21,22)9(23,24)10(25,26)11(27,28)12(29,30)34(31,32)33;/h2-3H2,1H3,(H,31,32,33);/q;+1/p-1. The van der Waals surface area contributed by atoms with Crippen molar-refractivity contribution in [1.82, 2.24) is 0 Å². The molecule has 0 heterocycles. The van der Waals surface area contributed by atoms with Crippen LogP contribution in [0.15, 0.2) is 0 Å². The summed E-state index contributed by atoms with van der Waals surface area (Å²) >= 11 is 0. The summed E-state index contributed by atoms with van der Waals surface area (Å²) in [5, 5.41) is -8.01. The predicted molar refractivity (Wildman–Crippen MR) is 69.1 cm³/mol. The van der Waals surface area contributed by atoms with Gasteiger partial charge in [0.1, 0.15) is 0 Å². The number of rotatable bonds is 11. The average Bonchev–Trinajstić information content (AvgIpc) is 2.59. The van der Waals surface area contributed by atoms with Crippen molar-refractivity contribution in [2.75, 3.05) is 0 Å². The summed E-state index contributed by atoms with van der Waals surface area (Å²) < 4.78 is 269. The Morgan fingerprint density at radius 3 is 0.971 bits per heavy atom. The Labute approximate surface area is 204 Å². The molecule has 0 aromatic rings. The summed E-state index contributed by atoms with van der Waals surface area (Å²) in [6.45, 7) is 0.496. The Bertz CT molecular complexity index is 868. The van der Waals surface area contributed by atoms with Crippen molar-refractivity contribution in [2.45, 2.75) is 72.4 Å². The van der Waals surface area contributed by atoms with Crippen LogP contribution in [0.5, 0.6) is 0 Å². The van der Waals surface area contributed by atoms with Crippen LogP contribution in [-0.4, -0.2) is 65.6 Å². The summed E-state index contributed by atoms with van der Waals surface area (Å²) in [5.41, 5.74) is 0. The molecule has 0 aromatic carbocycles. The third-order valence-electron chi connectivity index (χ3n) is 4.07. The zero-order chi connectivity index (χ0) is 28.4. The number of hydrogen-bond donors (Lipinski definition) is 0. The van der Waals surface area contributed by atoms with E-state index in [9.17, 15) is 92.0 Å². The van der Waals surface area contributed by atoms with E-state index in [1.165, 1.54) is 0 Å². The van der Waals surface area contributed by atoms with Crippen LogP contribution >= 0.6 is 0 Å². The maximum atomic E-state index is 13.5. The second-order valence-corrected chi connectivity index (χ2v) is 7.87. The molecular weight excluding hydrogens is 589 g/mol. The van der Waals surface area contributed by atoms with E-state index >= 15 is 0 Å². The molecule has 0 saturated heterocycles. The Balaban J connectivity index is 0. The summed E-state index contributed by atoms with van der Waals surface area (Å²) in [7, 11) is -8.21. The molecule has 0 N–H and O–H groups in total. The first-order valence-corrected chi connectivity index (χ1v) is 9.07. The fourth-order valence-corrected chi connectivity index (χ4v) is 2.47. The summed E-state index contributed by atoms with van der Waals surface area (Å²) in [6.07, 6.45) is -3.82. The smallest absolute Gasteiger partial charge is 0.743 e. The molecule has 0 spiro atoms. The van der Waals surface area contributed by atoms with Gasteiger partial charge in [-0.05, 0) is 0 Å². The molecule has 0 radical (unpaired) electrons. The Hall–Kier alpha value is -0.350. The largest absolute Gasteiger partial charge is 1.00 e. The summed E-state index contributed by atoms with van der Waals surface area (Å²) in [5.74, 6) is -67.1. The molecular formula is C12H7F18NaO3S. The second kappa shape index (κ2) is 9.44. The van der Waals surface area contributed by atoms with Gasteiger partial charge in [0.05, 0.1) is 0 Å². The van der Waals surface area contributed by atoms with Crippen molar-refractivity contribution in [3.8, 4) is 0 Å². The molecule has 0 bridgehead atoms. The fraction of sp³-hybridized carbons (Fsp3) is 1.00. The van der Waals surface area contributed by atoms with Crippen LogP contribution in [0.3, 0.4) is 0 Å². The average molecular weight is 596 g/mol. The quantitative estimate of drug-likeness (QED) is 0.210. The van der Waals surface area contributed by atoms with Gasteiger partial charge >= 0.3 is 82.2 Å².